The standard InChI is InChI=1S/C16H14/c1-4-8-14-12(3)11-13(5-2)15-9-6-7-10-16(14)15/h2,4,6-11H,1,3H3. The van der Waals surface area contributed by atoms with Gasteiger partial charge in [0.15, 0.2) is 0 Å². The summed E-state index contributed by atoms with van der Waals surface area (Å²) in [6, 6.07) is 10.4. The minimum atomic E-state index is 0.973. The second-order valence-electron chi connectivity index (χ2n) is 3.84. The van der Waals surface area contributed by atoms with Crippen molar-refractivity contribution in [3.8, 4) is 12.3 Å². The van der Waals surface area contributed by atoms with Gasteiger partial charge >= 0.3 is 0 Å². The van der Waals surface area contributed by atoms with Gasteiger partial charge in [-0.15, -0.1) is 6.42 Å². The first kappa shape index (κ1) is 10.5. The average molecular weight is 206 g/mol. The van der Waals surface area contributed by atoms with Crippen molar-refractivity contribution in [1.82, 2.24) is 0 Å². The summed E-state index contributed by atoms with van der Waals surface area (Å²) in [5.41, 5.74) is 3.46. The second kappa shape index (κ2) is 4.24. The van der Waals surface area contributed by atoms with E-state index in [0.29, 0.717) is 0 Å². The summed E-state index contributed by atoms with van der Waals surface area (Å²) in [7, 11) is 0. The first-order valence-electron chi connectivity index (χ1n) is 5.39. The first-order valence-corrected chi connectivity index (χ1v) is 5.39. The molecule has 0 amide bonds. The van der Waals surface area contributed by atoms with Gasteiger partial charge in [-0.1, -0.05) is 42.3 Å². The van der Waals surface area contributed by atoms with Crippen LogP contribution in [0.3, 0.4) is 0 Å². The summed E-state index contributed by atoms with van der Waals surface area (Å²) < 4.78 is 0. The Labute approximate surface area is 96.6 Å². The predicted octanol–water partition coefficient (Wildman–Crippen LogP) is 4.16. The Morgan fingerprint density at radius 3 is 2.50 bits per heavy atom. The smallest absolute Gasteiger partial charge is 0.0324 e. The van der Waals surface area contributed by atoms with E-state index in [1.807, 2.05) is 13.0 Å². The van der Waals surface area contributed by atoms with Crippen LogP contribution in [0.5, 0.6) is 0 Å². The van der Waals surface area contributed by atoms with Gasteiger partial charge in [0.25, 0.3) is 0 Å². The fourth-order valence-electron chi connectivity index (χ4n) is 2.04. The number of benzene rings is 2. The van der Waals surface area contributed by atoms with Crippen LogP contribution in [0.4, 0.5) is 0 Å². The van der Waals surface area contributed by atoms with Gasteiger partial charge in [0.05, 0.1) is 0 Å². The number of fused-ring (bicyclic) bond motifs is 1. The van der Waals surface area contributed by atoms with E-state index in [1.165, 1.54) is 16.5 Å². The maximum atomic E-state index is 5.54. The van der Waals surface area contributed by atoms with Crippen LogP contribution in [0.1, 0.15) is 23.6 Å². The van der Waals surface area contributed by atoms with Crippen molar-refractivity contribution in [1.29, 1.82) is 0 Å². The molecule has 2 aromatic rings. The molecule has 0 aromatic heterocycles. The normalized spacial score (nSPS) is 10.8. The van der Waals surface area contributed by atoms with Gasteiger partial charge in [-0.2, -0.15) is 0 Å². The molecule has 0 bridgehead atoms. The van der Waals surface area contributed by atoms with E-state index < -0.39 is 0 Å². The maximum absolute atomic E-state index is 5.54. The molecule has 2 rings (SSSR count). The van der Waals surface area contributed by atoms with E-state index in [0.717, 1.165) is 10.9 Å². The number of terminal acetylenes is 1. The van der Waals surface area contributed by atoms with E-state index >= 15 is 0 Å². The molecule has 78 valence electrons. The zero-order chi connectivity index (χ0) is 11.5. The molecular formula is C16H14. The molecule has 0 radical (unpaired) electrons. The molecule has 0 aliphatic rings. The molecule has 0 heterocycles. The average Bonchev–Trinajstić information content (AvgIpc) is 2.32. The Morgan fingerprint density at radius 2 is 1.88 bits per heavy atom. The highest BCUT2D eigenvalue weighted by Gasteiger charge is 2.05. The summed E-state index contributed by atoms with van der Waals surface area (Å²) in [6.45, 7) is 4.13. The summed E-state index contributed by atoms with van der Waals surface area (Å²) in [5.74, 6) is 2.76. The van der Waals surface area contributed by atoms with Crippen LogP contribution in [0.15, 0.2) is 36.4 Å². The van der Waals surface area contributed by atoms with Gasteiger partial charge in [0.2, 0.25) is 0 Å². The van der Waals surface area contributed by atoms with Crippen LogP contribution < -0.4 is 0 Å². The third-order valence-corrected chi connectivity index (χ3v) is 2.78. The molecule has 0 aliphatic carbocycles. The van der Waals surface area contributed by atoms with Crippen molar-refractivity contribution in [2.45, 2.75) is 13.8 Å². The Hall–Kier alpha value is -2.00. The van der Waals surface area contributed by atoms with Crippen molar-refractivity contribution in [3.05, 3.63) is 53.1 Å². The summed E-state index contributed by atoms with van der Waals surface area (Å²) in [5, 5.41) is 2.39. The largest absolute Gasteiger partial charge is 0.115 e. The molecule has 0 saturated heterocycles. The molecule has 0 heteroatoms. The zero-order valence-electron chi connectivity index (χ0n) is 9.62. The highest BCUT2D eigenvalue weighted by molar-refractivity contribution is 5.95. The minimum Gasteiger partial charge on any atom is -0.115 e. The van der Waals surface area contributed by atoms with Gasteiger partial charge in [-0.25, -0.2) is 0 Å². The Balaban J connectivity index is 2.93. The Bertz CT molecular complexity index is 595. The lowest BCUT2D eigenvalue weighted by Gasteiger charge is -2.08. The monoisotopic (exact) mass is 206 g/mol. The van der Waals surface area contributed by atoms with Crippen LogP contribution in [-0.2, 0) is 0 Å². The molecule has 0 unspecified atom stereocenters. The highest BCUT2D eigenvalue weighted by Crippen LogP contribution is 2.26. The van der Waals surface area contributed by atoms with Crippen molar-refractivity contribution in [3.63, 3.8) is 0 Å². The fourth-order valence-corrected chi connectivity index (χ4v) is 2.04. The molecule has 0 atom stereocenters. The number of hydrogen-bond donors (Lipinski definition) is 0. The summed E-state index contributed by atoms with van der Waals surface area (Å²) >= 11 is 0. The number of rotatable bonds is 1. The second-order valence-corrected chi connectivity index (χ2v) is 3.84. The summed E-state index contributed by atoms with van der Waals surface area (Å²) in [6.07, 6.45) is 9.74. The van der Waals surface area contributed by atoms with Crippen molar-refractivity contribution < 1.29 is 0 Å². The lowest BCUT2D eigenvalue weighted by atomic mass is 9.95. The highest BCUT2D eigenvalue weighted by atomic mass is 14.1. The van der Waals surface area contributed by atoms with E-state index in [1.54, 1.807) is 0 Å². The lowest BCUT2D eigenvalue weighted by molar-refractivity contribution is 1.46. The number of hydrogen-bond acceptors (Lipinski definition) is 0. The van der Waals surface area contributed by atoms with E-state index in [4.69, 9.17) is 6.42 Å². The molecule has 0 spiro atoms. The third-order valence-electron chi connectivity index (χ3n) is 2.78. The summed E-state index contributed by atoms with van der Waals surface area (Å²) in [4.78, 5) is 0. The molecule has 0 saturated carbocycles. The molecule has 0 N–H and O–H groups in total. The van der Waals surface area contributed by atoms with Crippen molar-refractivity contribution >= 4 is 16.8 Å². The van der Waals surface area contributed by atoms with E-state index in [2.05, 4.69) is 49.3 Å². The number of allylic oxidation sites excluding steroid dienone is 1. The van der Waals surface area contributed by atoms with Crippen molar-refractivity contribution in [2.24, 2.45) is 0 Å². The van der Waals surface area contributed by atoms with Crippen LogP contribution in [0.2, 0.25) is 0 Å². The van der Waals surface area contributed by atoms with Crippen LogP contribution >= 0.6 is 0 Å². The Morgan fingerprint density at radius 1 is 1.19 bits per heavy atom. The fraction of sp³-hybridized carbons (Fsp3) is 0.125. The van der Waals surface area contributed by atoms with E-state index in [9.17, 15) is 0 Å². The first-order chi connectivity index (χ1) is 7.77. The topological polar surface area (TPSA) is 0 Å². The Kier molecular flexibility index (Phi) is 2.79. The van der Waals surface area contributed by atoms with Gasteiger partial charge in [0, 0.05) is 5.56 Å². The quantitative estimate of drug-likeness (QED) is 0.614. The van der Waals surface area contributed by atoms with Crippen molar-refractivity contribution in [2.75, 3.05) is 0 Å². The lowest BCUT2D eigenvalue weighted by Crippen LogP contribution is -1.88. The molecule has 0 fully saturated rings. The SMILES string of the molecule is C#Cc1cc(C)c(C=CC)c2ccccc12. The van der Waals surface area contributed by atoms with Gasteiger partial charge in [-0.05, 0) is 41.8 Å². The maximum Gasteiger partial charge on any atom is 0.0324 e. The molecule has 0 aliphatic heterocycles. The minimum absolute atomic E-state index is 0.973. The van der Waals surface area contributed by atoms with Gasteiger partial charge in [0.1, 0.15) is 0 Å². The van der Waals surface area contributed by atoms with Gasteiger partial charge in [-0.3, -0.25) is 0 Å². The molecule has 2 aromatic carbocycles. The van der Waals surface area contributed by atoms with Crippen LogP contribution in [0, 0.1) is 19.3 Å². The number of aryl methyl sites for hydroxylation is 1. The molecule has 16 heavy (non-hydrogen) atoms. The predicted molar refractivity (Wildman–Crippen MR) is 71.3 cm³/mol. The molecule has 0 nitrogen and oxygen atoms in total. The van der Waals surface area contributed by atoms with Gasteiger partial charge < -0.3 is 0 Å². The van der Waals surface area contributed by atoms with Crippen LogP contribution in [0.25, 0.3) is 16.8 Å². The zero-order valence-corrected chi connectivity index (χ0v) is 9.62. The van der Waals surface area contributed by atoms with Crippen LogP contribution in [-0.4, -0.2) is 0 Å². The third kappa shape index (κ3) is 1.61. The molecular weight excluding hydrogens is 192 g/mol. The van der Waals surface area contributed by atoms with E-state index in [-0.39, 0.29) is 0 Å².